The van der Waals surface area contributed by atoms with Crippen LogP contribution in [0.1, 0.15) is 56.1 Å². The van der Waals surface area contributed by atoms with Crippen LogP contribution in [-0.2, 0) is 22.6 Å². The Balaban J connectivity index is 1.52. The van der Waals surface area contributed by atoms with Crippen molar-refractivity contribution in [3.8, 4) is 5.75 Å². The first kappa shape index (κ1) is 29.0. The third-order valence-electron chi connectivity index (χ3n) is 7.14. The SMILES string of the molecule is O=C(NC1CCCCC1)C(Cc1ccccc1)N(Cc1ccccc1Cl)C(=O)CCCOc1ccc(Cl)cc1. The maximum absolute atomic E-state index is 13.8. The third-order valence-corrected chi connectivity index (χ3v) is 7.76. The van der Waals surface area contributed by atoms with Crippen LogP contribution >= 0.6 is 23.2 Å². The van der Waals surface area contributed by atoms with Crippen molar-refractivity contribution in [3.05, 3.63) is 100 Å². The van der Waals surface area contributed by atoms with Crippen LogP contribution in [0, 0.1) is 0 Å². The Kier molecular flexibility index (Phi) is 11.1. The van der Waals surface area contributed by atoms with E-state index in [1.54, 1.807) is 29.2 Å². The number of carbonyl (C=O) groups is 2. The highest BCUT2D eigenvalue weighted by Gasteiger charge is 2.32. The lowest BCUT2D eigenvalue weighted by molar-refractivity contribution is -0.141. The molecule has 0 aliphatic heterocycles. The predicted octanol–water partition coefficient (Wildman–Crippen LogP) is 7.24. The van der Waals surface area contributed by atoms with Crippen molar-refractivity contribution < 1.29 is 14.3 Å². The molecule has 0 spiro atoms. The zero-order valence-electron chi connectivity index (χ0n) is 22.2. The van der Waals surface area contributed by atoms with Crippen LogP contribution in [0.5, 0.6) is 5.75 Å². The van der Waals surface area contributed by atoms with Crippen LogP contribution in [0.2, 0.25) is 10.0 Å². The molecular formula is C32H36Cl2N2O3. The molecule has 7 heteroatoms. The van der Waals surface area contributed by atoms with E-state index < -0.39 is 6.04 Å². The highest BCUT2D eigenvalue weighted by atomic mass is 35.5. The second kappa shape index (κ2) is 14.9. The van der Waals surface area contributed by atoms with Gasteiger partial charge in [0.05, 0.1) is 6.61 Å². The molecule has 1 fully saturated rings. The Hall–Kier alpha value is -3.02. The molecule has 1 aliphatic rings. The smallest absolute Gasteiger partial charge is 0.243 e. The van der Waals surface area contributed by atoms with Gasteiger partial charge in [-0.25, -0.2) is 0 Å². The first-order valence-corrected chi connectivity index (χ1v) is 14.5. The summed E-state index contributed by atoms with van der Waals surface area (Å²) in [6, 6.07) is 24.0. The van der Waals surface area contributed by atoms with Crippen LogP contribution in [-0.4, -0.2) is 35.4 Å². The molecule has 1 aliphatic carbocycles. The molecule has 0 radical (unpaired) electrons. The maximum Gasteiger partial charge on any atom is 0.243 e. The van der Waals surface area contributed by atoms with Gasteiger partial charge in [0.15, 0.2) is 0 Å². The third kappa shape index (κ3) is 9.01. The zero-order chi connectivity index (χ0) is 27.5. The molecular weight excluding hydrogens is 531 g/mol. The second-order valence-corrected chi connectivity index (χ2v) is 10.9. The molecule has 1 saturated carbocycles. The normalized spacial score (nSPS) is 14.4. The van der Waals surface area contributed by atoms with Crippen molar-refractivity contribution >= 4 is 35.0 Å². The number of carbonyl (C=O) groups excluding carboxylic acids is 2. The average molecular weight is 568 g/mol. The molecule has 4 rings (SSSR count). The molecule has 3 aromatic carbocycles. The molecule has 1 unspecified atom stereocenters. The lowest BCUT2D eigenvalue weighted by Crippen LogP contribution is -2.52. The van der Waals surface area contributed by atoms with E-state index in [1.807, 2.05) is 54.6 Å². The van der Waals surface area contributed by atoms with Gasteiger partial charge in [0, 0.05) is 35.5 Å². The fraction of sp³-hybridized carbons (Fsp3) is 0.375. The van der Waals surface area contributed by atoms with Crippen molar-refractivity contribution in [1.82, 2.24) is 10.2 Å². The highest BCUT2D eigenvalue weighted by molar-refractivity contribution is 6.31. The van der Waals surface area contributed by atoms with Crippen LogP contribution in [0.15, 0.2) is 78.9 Å². The summed E-state index contributed by atoms with van der Waals surface area (Å²) in [5, 5.41) is 4.49. The molecule has 2 amide bonds. The van der Waals surface area contributed by atoms with Gasteiger partial charge in [-0.1, -0.05) is 91.0 Å². The number of hydrogen-bond donors (Lipinski definition) is 1. The van der Waals surface area contributed by atoms with Gasteiger partial charge in [-0.15, -0.1) is 0 Å². The predicted molar refractivity (Wildman–Crippen MR) is 157 cm³/mol. The van der Waals surface area contributed by atoms with Gasteiger partial charge in [0.1, 0.15) is 11.8 Å². The average Bonchev–Trinajstić information content (AvgIpc) is 2.96. The number of amides is 2. The quantitative estimate of drug-likeness (QED) is 0.235. The van der Waals surface area contributed by atoms with Gasteiger partial charge in [-0.3, -0.25) is 9.59 Å². The number of nitrogens with one attached hydrogen (secondary N) is 1. The number of nitrogens with zero attached hydrogens (tertiary/aromatic N) is 1. The number of halogens is 2. The molecule has 0 bridgehead atoms. The number of benzene rings is 3. The van der Waals surface area contributed by atoms with E-state index in [9.17, 15) is 9.59 Å². The molecule has 1 atom stereocenters. The van der Waals surface area contributed by atoms with Crippen molar-refractivity contribution in [2.24, 2.45) is 0 Å². The van der Waals surface area contributed by atoms with E-state index in [1.165, 1.54) is 6.42 Å². The fourth-order valence-corrected chi connectivity index (χ4v) is 5.32. The van der Waals surface area contributed by atoms with Crippen molar-refractivity contribution in [2.75, 3.05) is 6.61 Å². The summed E-state index contributed by atoms with van der Waals surface area (Å²) < 4.78 is 5.80. The van der Waals surface area contributed by atoms with E-state index in [0.717, 1.165) is 36.8 Å². The highest BCUT2D eigenvalue weighted by Crippen LogP contribution is 2.23. The Morgan fingerprint density at radius 3 is 2.31 bits per heavy atom. The van der Waals surface area contributed by atoms with Gasteiger partial charge in [0.2, 0.25) is 11.8 Å². The number of hydrogen-bond acceptors (Lipinski definition) is 3. The van der Waals surface area contributed by atoms with Gasteiger partial charge < -0.3 is 15.0 Å². The zero-order valence-corrected chi connectivity index (χ0v) is 23.7. The van der Waals surface area contributed by atoms with Crippen molar-refractivity contribution in [1.29, 1.82) is 0 Å². The van der Waals surface area contributed by atoms with Gasteiger partial charge in [0.25, 0.3) is 0 Å². The van der Waals surface area contributed by atoms with Gasteiger partial charge in [-0.05, 0) is 60.7 Å². The molecule has 0 heterocycles. The largest absolute Gasteiger partial charge is 0.494 e. The van der Waals surface area contributed by atoms with E-state index in [0.29, 0.717) is 35.2 Å². The summed E-state index contributed by atoms with van der Waals surface area (Å²) in [4.78, 5) is 29.3. The molecule has 206 valence electrons. The summed E-state index contributed by atoms with van der Waals surface area (Å²) in [6.45, 7) is 0.636. The maximum atomic E-state index is 13.8. The standard InChI is InChI=1S/C32H36Cl2N2O3/c33-26-17-19-28(20-18-26)39-21-9-16-31(37)36(23-25-12-7-8-15-29(25)34)30(22-24-10-3-1-4-11-24)32(38)35-27-13-5-2-6-14-27/h1,3-4,7-8,10-12,15,17-20,27,30H,2,5-6,9,13-14,16,21-23H2,(H,35,38). The minimum absolute atomic E-state index is 0.102. The summed E-state index contributed by atoms with van der Waals surface area (Å²) in [7, 11) is 0. The monoisotopic (exact) mass is 566 g/mol. The number of ether oxygens (including phenoxy) is 1. The molecule has 39 heavy (non-hydrogen) atoms. The van der Waals surface area contributed by atoms with Crippen LogP contribution in [0.25, 0.3) is 0 Å². The lowest BCUT2D eigenvalue weighted by atomic mass is 9.94. The second-order valence-electron chi connectivity index (χ2n) is 10.1. The molecule has 0 saturated heterocycles. The van der Waals surface area contributed by atoms with Gasteiger partial charge >= 0.3 is 0 Å². The fourth-order valence-electron chi connectivity index (χ4n) is 5.00. The Morgan fingerprint density at radius 1 is 0.897 bits per heavy atom. The summed E-state index contributed by atoms with van der Waals surface area (Å²) in [5.74, 6) is 0.492. The summed E-state index contributed by atoms with van der Waals surface area (Å²) >= 11 is 12.5. The van der Waals surface area contributed by atoms with Crippen molar-refractivity contribution in [3.63, 3.8) is 0 Å². The first-order chi connectivity index (χ1) is 19.0. The summed E-state index contributed by atoms with van der Waals surface area (Å²) in [5.41, 5.74) is 1.82. The van der Waals surface area contributed by atoms with E-state index in [2.05, 4.69) is 5.32 Å². The van der Waals surface area contributed by atoms with Crippen molar-refractivity contribution in [2.45, 2.75) is 70.0 Å². The first-order valence-electron chi connectivity index (χ1n) is 13.7. The summed E-state index contributed by atoms with van der Waals surface area (Å²) in [6.07, 6.45) is 6.58. The Bertz CT molecular complexity index is 1200. The Labute approximate surface area is 241 Å². The van der Waals surface area contributed by atoms with Gasteiger partial charge in [-0.2, -0.15) is 0 Å². The van der Waals surface area contributed by atoms with Crippen LogP contribution in [0.4, 0.5) is 0 Å². The van der Waals surface area contributed by atoms with E-state index >= 15 is 0 Å². The minimum atomic E-state index is -0.657. The van der Waals surface area contributed by atoms with E-state index in [4.69, 9.17) is 27.9 Å². The molecule has 3 aromatic rings. The molecule has 5 nitrogen and oxygen atoms in total. The van der Waals surface area contributed by atoms with Crippen LogP contribution < -0.4 is 10.1 Å². The van der Waals surface area contributed by atoms with Crippen LogP contribution in [0.3, 0.4) is 0 Å². The molecule has 1 N–H and O–H groups in total. The topological polar surface area (TPSA) is 58.6 Å². The molecule has 0 aromatic heterocycles. The Morgan fingerprint density at radius 2 is 1.59 bits per heavy atom. The number of rotatable bonds is 12. The lowest BCUT2D eigenvalue weighted by Gasteiger charge is -2.33. The minimum Gasteiger partial charge on any atom is -0.494 e. The van der Waals surface area contributed by atoms with E-state index in [-0.39, 0.29) is 30.8 Å².